The molecule has 2 heterocycles. The Morgan fingerprint density at radius 2 is 2.28 bits per heavy atom. The summed E-state index contributed by atoms with van der Waals surface area (Å²) in [5.74, 6) is 1.62. The zero-order chi connectivity index (χ0) is 17.6. The zero-order valence-electron chi connectivity index (χ0n) is 14.9. The molecular formula is C19H24N2O4. The molecule has 1 aromatic carbocycles. The lowest BCUT2D eigenvalue weighted by Gasteiger charge is -2.36. The average molecular weight is 344 g/mol. The molecule has 1 spiro atoms. The van der Waals surface area contributed by atoms with Gasteiger partial charge in [-0.15, -0.1) is 0 Å². The van der Waals surface area contributed by atoms with Crippen molar-refractivity contribution < 1.29 is 19.0 Å². The van der Waals surface area contributed by atoms with E-state index >= 15 is 0 Å². The van der Waals surface area contributed by atoms with Crippen molar-refractivity contribution in [2.24, 2.45) is 0 Å². The highest BCUT2D eigenvalue weighted by Gasteiger charge is 2.53. The Labute approximate surface area is 147 Å². The molecule has 0 bridgehead atoms. The van der Waals surface area contributed by atoms with Crippen LogP contribution in [0.1, 0.15) is 24.0 Å². The van der Waals surface area contributed by atoms with Gasteiger partial charge >= 0.3 is 6.09 Å². The Morgan fingerprint density at radius 1 is 1.44 bits per heavy atom. The third kappa shape index (κ3) is 2.47. The van der Waals surface area contributed by atoms with E-state index < -0.39 is 6.09 Å². The van der Waals surface area contributed by atoms with Crippen LogP contribution in [0.2, 0.25) is 0 Å². The second-order valence-corrected chi connectivity index (χ2v) is 7.05. The van der Waals surface area contributed by atoms with Crippen LogP contribution in [0.3, 0.4) is 0 Å². The number of hydrogen-bond acceptors (Lipinski definition) is 5. The lowest BCUT2D eigenvalue weighted by molar-refractivity contribution is 0.0614. The molecule has 0 saturated heterocycles. The summed E-state index contributed by atoms with van der Waals surface area (Å²) in [6, 6.07) is 4.13. The predicted octanol–water partition coefficient (Wildman–Crippen LogP) is 2.21. The summed E-state index contributed by atoms with van der Waals surface area (Å²) in [6.07, 6.45) is 5.08. The summed E-state index contributed by atoms with van der Waals surface area (Å²) in [4.78, 5) is 13.9. The summed E-state index contributed by atoms with van der Waals surface area (Å²) in [5.41, 5.74) is 2.36. The number of carbonyl (C=O) groups excluding carboxylic acids is 1. The van der Waals surface area contributed by atoms with Gasteiger partial charge in [0.05, 0.1) is 12.5 Å². The topological polar surface area (TPSA) is 60.0 Å². The van der Waals surface area contributed by atoms with E-state index in [1.807, 2.05) is 12.1 Å². The van der Waals surface area contributed by atoms with Crippen LogP contribution in [-0.2, 0) is 16.7 Å². The van der Waals surface area contributed by atoms with Crippen molar-refractivity contribution in [3.63, 3.8) is 0 Å². The molecular weight excluding hydrogens is 320 g/mol. The molecule has 1 aromatic rings. The average Bonchev–Trinajstić information content (AvgIpc) is 2.87. The van der Waals surface area contributed by atoms with Gasteiger partial charge in [0.15, 0.2) is 11.5 Å². The first-order valence-corrected chi connectivity index (χ1v) is 8.70. The molecule has 1 amide bonds. The molecule has 3 unspecified atom stereocenters. The van der Waals surface area contributed by atoms with Gasteiger partial charge in [-0.2, -0.15) is 0 Å². The third-order valence-corrected chi connectivity index (χ3v) is 5.59. The van der Waals surface area contributed by atoms with Gasteiger partial charge < -0.3 is 24.4 Å². The summed E-state index contributed by atoms with van der Waals surface area (Å²) in [6.45, 7) is 1.89. The first kappa shape index (κ1) is 16.3. The second-order valence-electron chi connectivity index (χ2n) is 7.05. The molecule has 0 aromatic heterocycles. The Morgan fingerprint density at radius 3 is 3.04 bits per heavy atom. The van der Waals surface area contributed by atoms with Crippen LogP contribution in [0.4, 0.5) is 4.79 Å². The smallest absolute Gasteiger partial charge is 0.407 e. The maximum atomic E-state index is 11.6. The number of carbonyl (C=O) groups is 1. The summed E-state index contributed by atoms with van der Waals surface area (Å²) >= 11 is 0. The Kier molecular flexibility index (Phi) is 3.87. The summed E-state index contributed by atoms with van der Waals surface area (Å²) in [5, 5.41) is 2.50. The predicted molar refractivity (Wildman–Crippen MR) is 93.1 cm³/mol. The monoisotopic (exact) mass is 344 g/mol. The maximum Gasteiger partial charge on any atom is 0.407 e. The molecule has 134 valence electrons. The van der Waals surface area contributed by atoms with Crippen LogP contribution in [0, 0.1) is 0 Å². The quantitative estimate of drug-likeness (QED) is 0.834. The fraction of sp³-hybridized carbons (Fsp3) is 0.526. The molecule has 0 fully saturated rings. The molecule has 3 atom stereocenters. The number of rotatable bonds is 2. The number of nitrogens with one attached hydrogen (secondary N) is 1. The number of methoxy groups -OCH3 is 1. The van der Waals surface area contributed by atoms with Crippen LogP contribution >= 0.6 is 0 Å². The first-order valence-electron chi connectivity index (χ1n) is 8.70. The fourth-order valence-electron chi connectivity index (χ4n) is 4.35. The fourth-order valence-corrected chi connectivity index (χ4v) is 4.35. The Hall–Kier alpha value is -2.21. The molecule has 6 heteroatoms. The van der Waals surface area contributed by atoms with E-state index in [1.165, 1.54) is 11.1 Å². The zero-order valence-corrected chi connectivity index (χ0v) is 14.9. The van der Waals surface area contributed by atoms with Crippen molar-refractivity contribution in [1.82, 2.24) is 10.2 Å². The van der Waals surface area contributed by atoms with Gasteiger partial charge in [0.1, 0.15) is 12.2 Å². The minimum atomic E-state index is -0.417. The molecule has 3 aliphatic rings. The third-order valence-electron chi connectivity index (χ3n) is 5.59. The summed E-state index contributed by atoms with van der Waals surface area (Å²) in [7, 11) is 5.39. The molecule has 1 N–H and O–H groups in total. The molecule has 1 aliphatic carbocycles. The van der Waals surface area contributed by atoms with Gasteiger partial charge in [0.25, 0.3) is 0 Å². The normalized spacial score (nSPS) is 29.9. The van der Waals surface area contributed by atoms with E-state index in [-0.39, 0.29) is 17.6 Å². The van der Waals surface area contributed by atoms with E-state index in [0.717, 1.165) is 31.0 Å². The van der Waals surface area contributed by atoms with Crippen molar-refractivity contribution >= 4 is 6.09 Å². The van der Waals surface area contributed by atoms with Crippen LogP contribution in [-0.4, -0.2) is 51.0 Å². The minimum absolute atomic E-state index is 0.0521. The van der Waals surface area contributed by atoms with Crippen molar-refractivity contribution in [1.29, 1.82) is 0 Å². The molecule has 4 rings (SSSR count). The van der Waals surface area contributed by atoms with Gasteiger partial charge in [0, 0.05) is 25.6 Å². The number of amides is 1. The van der Waals surface area contributed by atoms with Crippen LogP contribution < -0.4 is 14.8 Å². The first-order chi connectivity index (χ1) is 12.1. The number of benzene rings is 1. The largest absolute Gasteiger partial charge is 0.493 e. The Balaban J connectivity index is 1.77. The van der Waals surface area contributed by atoms with Gasteiger partial charge in [-0.3, -0.25) is 0 Å². The van der Waals surface area contributed by atoms with Crippen molar-refractivity contribution in [3.8, 4) is 11.5 Å². The minimum Gasteiger partial charge on any atom is -0.493 e. The lowest BCUT2D eigenvalue weighted by Crippen LogP contribution is -2.44. The van der Waals surface area contributed by atoms with Crippen molar-refractivity contribution in [2.45, 2.75) is 37.0 Å². The van der Waals surface area contributed by atoms with Crippen LogP contribution in [0.15, 0.2) is 24.3 Å². The molecule has 6 nitrogen and oxygen atoms in total. The second kappa shape index (κ2) is 5.95. The van der Waals surface area contributed by atoms with Gasteiger partial charge in [-0.1, -0.05) is 12.1 Å². The SMILES string of the molecule is CNC(=O)OC1C=CC23CCN(C)Cc4ccc(OC)c(c42)OC3C1. The lowest BCUT2D eigenvalue weighted by atomic mass is 9.69. The summed E-state index contributed by atoms with van der Waals surface area (Å²) < 4.78 is 17.4. The highest BCUT2D eigenvalue weighted by molar-refractivity contribution is 5.67. The molecule has 0 radical (unpaired) electrons. The molecule has 0 saturated carbocycles. The maximum absolute atomic E-state index is 11.6. The standard InChI is InChI=1S/C19H24N2O4/c1-20-18(22)24-13-6-7-19-8-9-21(2)11-12-4-5-14(23-3)17(16(12)19)25-15(19)10-13/h4-7,13,15H,8-11H2,1-3H3,(H,20,22). The van der Waals surface area contributed by atoms with E-state index in [1.54, 1.807) is 14.2 Å². The molecule has 25 heavy (non-hydrogen) atoms. The van der Waals surface area contributed by atoms with E-state index in [2.05, 4.69) is 29.4 Å². The molecule has 2 aliphatic heterocycles. The van der Waals surface area contributed by atoms with Crippen molar-refractivity contribution in [2.75, 3.05) is 27.7 Å². The van der Waals surface area contributed by atoms with Crippen LogP contribution in [0.5, 0.6) is 11.5 Å². The van der Waals surface area contributed by atoms with Gasteiger partial charge in [0.2, 0.25) is 0 Å². The van der Waals surface area contributed by atoms with Crippen LogP contribution in [0.25, 0.3) is 0 Å². The van der Waals surface area contributed by atoms with Crippen molar-refractivity contribution in [3.05, 3.63) is 35.4 Å². The van der Waals surface area contributed by atoms with E-state index in [4.69, 9.17) is 14.2 Å². The Bertz CT molecular complexity index is 732. The number of hydrogen-bond donors (Lipinski definition) is 1. The van der Waals surface area contributed by atoms with E-state index in [9.17, 15) is 4.79 Å². The number of nitrogens with zero attached hydrogens (tertiary/aromatic N) is 1. The van der Waals surface area contributed by atoms with Gasteiger partial charge in [-0.05, 0) is 37.7 Å². The van der Waals surface area contributed by atoms with Gasteiger partial charge in [-0.25, -0.2) is 4.79 Å². The highest BCUT2D eigenvalue weighted by Crippen LogP contribution is 2.55. The highest BCUT2D eigenvalue weighted by atomic mass is 16.6. The van der Waals surface area contributed by atoms with E-state index in [0.29, 0.717) is 6.42 Å². The number of alkyl carbamates (subject to hydrolysis) is 1. The number of ether oxygens (including phenoxy) is 3.